The molecule has 1 aromatic heterocycles. The van der Waals surface area contributed by atoms with Crippen LogP contribution in [0.2, 0.25) is 0 Å². The van der Waals surface area contributed by atoms with Crippen LogP contribution < -0.4 is 5.32 Å². The maximum Gasteiger partial charge on any atom is 0.203 e. The Bertz CT molecular complexity index is 386. The van der Waals surface area contributed by atoms with Crippen molar-refractivity contribution in [1.82, 2.24) is 9.55 Å². The molecule has 18 heavy (non-hydrogen) atoms. The van der Waals surface area contributed by atoms with E-state index in [2.05, 4.69) is 48.8 Å². The minimum absolute atomic E-state index is 0.333. The van der Waals surface area contributed by atoms with Crippen LogP contribution in [0.5, 0.6) is 0 Å². The van der Waals surface area contributed by atoms with E-state index in [1.807, 2.05) is 0 Å². The summed E-state index contributed by atoms with van der Waals surface area (Å²) < 4.78 is 2.30. The van der Waals surface area contributed by atoms with Crippen LogP contribution in [0.3, 0.4) is 0 Å². The third-order valence-corrected chi connectivity index (χ3v) is 4.14. The summed E-state index contributed by atoms with van der Waals surface area (Å²) in [6, 6.07) is 0.635. The Balaban J connectivity index is 2.09. The van der Waals surface area contributed by atoms with Crippen molar-refractivity contribution in [3.05, 3.63) is 11.9 Å². The van der Waals surface area contributed by atoms with Crippen molar-refractivity contribution in [2.75, 3.05) is 5.32 Å². The van der Waals surface area contributed by atoms with Crippen LogP contribution in [0.15, 0.2) is 6.20 Å². The quantitative estimate of drug-likeness (QED) is 0.855. The number of hydrogen-bond donors (Lipinski definition) is 1. The lowest BCUT2D eigenvalue weighted by Crippen LogP contribution is -2.23. The van der Waals surface area contributed by atoms with Gasteiger partial charge in [0.1, 0.15) is 0 Å². The monoisotopic (exact) mass is 249 g/mol. The lowest BCUT2D eigenvalue weighted by Gasteiger charge is -2.25. The number of nitrogens with zero attached hydrogens (tertiary/aromatic N) is 2. The Morgan fingerprint density at radius 2 is 2.06 bits per heavy atom. The smallest absolute Gasteiger partial charge is 0.203 e. The van der Waals surface area contributed by atoms with E-state index in [0.29, 0.717) is 11.5 Å². The molecule has 0 aliphatic heterocycles. The van der Waals surface area contributed by atoms with E-state index in [9.17, 15) is 0 Å². The number of imidazole rings is 1. The van der Waals surface area contributed by atoms with Crippen LogP contribution >= 0.6 is 0 Å². The topological polar surface area (TPSA) is 29.9 Å². The van der Waals surface area contributed by atoms with Gasteiger partial charge in [0, 0.05) is 18.8 Å². The van der Waals surface area contributed by atoms with Crippen molar-refractivity contribution in [3.63, 3.8) is 0 Å². The van der Waals surface area contributed by atoms with Gasteiger partial charge in [-0.1, -0.05) is 33.6 Å². The van der Waals surface area contributed by atoms with E-state index in [1.165, 1.54) is 32.1 Å². The van der Waals surface area contributed by atoms with Crippen LogP contribution in [0.1, 0.15) is 58.6 Å². The molecule has 0 bridgehead atoms. The second-order valence-electron chi connectivity index (χ2n) is 6.48. The molecule has 1 N–H and O–H groups in total. The number of hydrogen-bond acceptors (Lipinski definition) is 2. The van der Waals surface area contributed by atoms with E-state index in [-0.39, 0.29) is 0 Å². The highest BCUT2D eigenvalue weighted by Gasteiger charge is 2.21. The fourth-order valence-corrected chi connectivity index (χ4v) is 2.61. The highest BCUT2D eigenvalue weighted by atomic mass is 15.2. The van der Waals surface area contributed by atoms with E-state index in [0.717, 1.165) is 18.2 Å². The van der Waals surface area contributed by atoms with Gasteiger partial charge in [-0.15, -0.1) is 0 Å². The molecule has 1 aliphatic carbocycles. The molecule has 102 valence electrons. The number of anilines is 1. The van der Waals surface area contributed by atoms with Gasteiger partial charge in [0.05, 0.1) is 5.69 Å². The number of rotatable bonds is 5. The average Bonchev–Trinajstić information content (AvgIpc) is 2.90. The maximum absolute atomic E-state index is 4.64. The second kappa shape index (κ2) is 5.33. The van der Waals surface area contributed by atoms with Gasteiger partial charge in [0.15, 0.2) is 0 Å². The zero-order valence-corrected chi connectivity index (χ0v) is 12.3. The lowest BCUT2D eigenvalue weighted by molar-refractivity contribution is 0.296. The summed E-state index contributed by atoms with van der Waals surface area (Å²) in [5, 5.41) is 3.63. The van der Waals surface area contributed by atoms with Gasteiger partial charge in [0.2, 0.25) is 5.95 Å². The number of aryl methyl sites for hydroxylation is 1. The molecule has 0 radical (unpaired) electrons. The summed E-state index contributed by atoms with van der Waals surface area (Å²) in [6.07, 6.45) is 8.67. The van der Waals surface area contributed by atoms with Crippen LogP contribution in [0.25, 0.3) is 0 Å². The average molecular weight is 249 g/mol. The summed E-state index contributed by atoms with van der Waals surface area (Å²) in [4.78, 5) is 4.64. The van der Waals surface area contributed by atoms with E-state index >= 15 is 0 Å². The SMILES string of the molecule is CCC(C)(C)Cn1cc(C)nc1NC1CCCC1. The van der Waals surface area contributed by atoms with Crippen LogP contribution in [-0.4, -0.2) is 15.6 Å². The molecule has 2 rings (SSSR count). The fraction of sp³-hybridized carbons (Fsp3) is 0.800. The Hall–Kier alpha value is -0.990. The van der Waals surface area contributed by atoms with E-state index in [1.54, 1.807) is 0 Å². The molecule has 1 heterocycles. The third-order valence-electron chi connectivity index (χ3n) is 4.14. The molecule has 3 heteroatoms. The van der Waals surface area contributed by atoms with Crippen molar-refractivity contribution in [1.29, 1.82) is 0 Å². The molecule has 1 aromatic rings. The first-order valence-corrected chi connectivity index (χ1v) is 7.30. The van der Waals surface area contributed by atoms with Crippen LogP contribution in [0.4, 0.5) is 5.95 Å². The Kier molecular flexibility index (Phi) is 3.98. The van der Waals surface area contributed by atoms with Crippen LogP contribution in [0, 0.1) is 12.3 Å². The minimum Gasteiger partial charge on any atom is -0.353 e. The molecule has 0 atom stereocenters. The second-order valence-corrected chi connectivity index (χ2v) is 6.48. The first-order chi connectivity index (χ1) is 8.50. The molecular formula is C15H27N3. The zero-order chi connectivity index (χ0) is 13.2. The summed E-state index contributed by atoms with van der Waals surface area (Å²) in [6.45, 7) is 10.0. The molecule has 0 amide bonds. The molecule has 0 saturated heterocycles. The van der Waals surface area contributed by atoms with Gasteiger partial charge in [-0.05, 0) is 31.6 Å². The maximum atomic E-state index is 4.64. The van der Waals surface area contributed by atoms with Gasteiger partial charge >= 0.3 is 0 Å². The van der Waals surface area contributed by atoms with Gasteiger partial charge in [-0.3, -0.25) is 0 Å². The van der Waals surface area contributed by atoms with Crippen molar-refractivity contribution in [3.8, 4) is 0 Å². The standard InChI is InChI=1S/C15H27N3/c1-5-15(3,4)11-18-10-12(2)16-14(18)17-13-8-6-7-9-13/h10,13H,5-9,11H2,1-4H3,(H,16,17). The van der Waals surface area contributed by atoms with Crippen LogP contribution in [-0.2, 0) is 6.54 Å². The van der Waals surface area contributed by atoms with Crippen molar-refractivity contribution in [2.24, 2.45) is 5.41 Å². The largest absolute Gasteiger partial charge is 0.353 e. The van der Waals surface area contributed by atoms with Gasteiger partial charge in [0.25, 0.3) is 0 Å². The van der Waals surface area contributed by atoms with Crippen molar-refractivity contribution < 1.29 is 0 Å². The highest BCUT2D eigenvalue weighted by molar-refractivity contribution is 5.30. The predicted molar refractivity (Wildman–Crippen MR) is 76.9 cm³/mol. The Morgan fingerprint density at radius 3 is 2.67 bits per heavy atom. The number of nitrogens with one attached hydrogen (secondary N) is 1. The lowest BCUT2D eigenvalue weighted by atomic mass is 9.90. The first kappa shape index (κ1) is 13.4. The summed E-state index contributed by atoms with van der Waals surface area (Å²) in [5.41, 5.74) is 1.45. The Morgan fingerprint density at radius 1 is 1.39 bits per heavy atom. The number of aromatic nitrogens is 2. The highest BCUT2D eigenvalue weighted by Crippen LogP contribution is 2.26. The summed E-state index contributed by atoms with van der Waals surface area (Å²) in [7, 11) is 0. The predicted octanol–water partition coefficient (Wildman–Crippen LogP) is 3.98. The van der Waals surface area contributed by atoms with Gasteiger partial charge in [-0.2, -0.15) is 0 Å². The summed E-state index contributed by atoms with van der Waals surface area (Å²) >= 11 is 0. The summed E-state index contributed by atoms with van der Waals surface area (Å²) in [5.74, 6) is 1.07. The molecule has 0 unspecified atom stereocenters. The minimum atomic E-state index is 0.333. The molecule has 0 aromatic carbocycles. The molecule has 1 saturated carbocycles. The van der Waals surface area contributed by atoms with Gasteiger partial charge < -0.3 is 9.88 Å². The molecule has 0 spiro atoms. The molecule has 1 aliphatic rings. The van der Waals surface area contributed by atoms with E-state index in [4.69, 9.17) is 0 Å². The molecular weight excluding hydrogens is 222 g/mol. The molecule has 3 nitrogen and oxygen atoms in total. The van der Waals surface area contributed by atoms with Crippen molar-refractivity contribution >= 4 is 5.95 Å². The van der Waals surface area contributed by atoms with Crippen molar-refractivity contribution in [2.45, 2.75) is 72.4 Å². The van der Waals surface area contributed by atoms with E-state index < -0.39 is 0 Å². The third kappa shape index (κ3) is 3.27. The Labute approximate surface area is 111 Å². The fourth-order valence-electron chi connectivity index (χ4n) is 2.61. The van der Waals surface area contributed by atoms with Gasteiger partial charge in [-0.25, -0.2) is 4.98 Å². The first-order valence-electron chi connectivity index (χ1n) is 7.30. The molecule has 1 fully saturated rings. The normalized spacial score (nSPS) is 17.3. The zero-order valence-electron chi connectivity index (χ0n) is 12.3.